The second-order valence-electron chi connectivity index (χ2n) is 7.34. The minimum absolute atomic E-state index is 0.427. The molecule has 3 aromatic heterocycles. The minimum Gasteiger partial charge on any atom is -0.361 e. The van der Waals surface area contributed by atoms with Gasteiger partial charge in [-0.05, 0) is 44.7 Å². The van der Waals surface area contributed by atoms with Gasteiger partial charge in [0, 0.05) is 35.3 Å². The normalized spacial score (nSPS) is 20.1. The zero-order valence-electron chi connectivity index (χ0n) is 16.1. The van der Waals surface area contributed by atoms with E-state index >= 15 is 0 Å². The highest BCUT2D eigenvalue weighted by atomic mass is 32.2. The van der Waals surface area contributed by atoms with Crippen molar-refractivity contribution in [1.29, 1.82) is 0 Å². The van der Waals surface area contributed by atoms with E-state index in [1.807, 2.05) is 26.1 Å². The molecule has 3 aromatic rings. The molecule has 0 spiro atoms. The van der Waals surface area contributed by atoms with E-state index < -0.39 is 0 Å². The molecule has 7 heteroatoms. The van der Waals surface area contributed by atoms with Crippen molar-refractivity contribution in [1.82, 2.24) is 24.9 Å². The number of rotatable bonds is 5. The van der Waals surface area contributed by atoms with Crippen molar-refractivity contribution in [2.75, 3.05) is 0 Å². The van der Waals surface area contributed by atoms with Gasteiger partial charge >= 0.3 is 0 Å². The van der Waals surface area contributed by atoms with E-state index in [0.29, 0.717) is 12.0 Å². The highest BCUT2D eigenvalue weighted by Gasteiger charge is 2.29. The Morgan fingerprint density at radius 2 is 2.07 bits per heavy atom. The number of thioether (sulfide) groups is 1. The van der Waals surface area contributed by atoms with Gasteiger partial charge in [0.15, 0.2) is 11.0 Å². The molecular weight excluding hydrogens is 358 g/mol. The van der Waals surface area contributed by atoms with E-state index in [-0.39, 0.29) is 0 Å². The second-order valence-corrected chi connectivity index (χ2v) is 8.28. The summed E-state index contributed by atoms with van der Waals surface area (Å²) in [6.07, 6.45) is 8.66. The van der Waals surface area contributed by atoms with Crippen LogP contribution in [-0.4, -0.2) is 24.9 Å². The molecule has 0 aromatic carbocycles. The molecule has 2 atom stereocenters. The molecule has 0 bridgehead atoms. The van der Waals surface area contributed by atoms with Gasteiger partial charge in [-0.25, -0.2) is 0 Å². The Morgan fingerprint density at radius 1 is 1.22 bits per heavy atom. The van der Waals surface area contributed by atoms with Gasteiger partial charge in [0.05, 0.1) is 5.69 Å². The largest absolute Gasteiger partial charge is 0.361 e. The summed E-state index contributed by atoms with van der Waals surface area (Å²) in [5.41, 5.74) is 3.12. The lowest BCUT2D eigenvalue weighted by Crippen LogP contribution is -2.22. The van der Waals surface area contributed by atoms with Crippen LogP contribution in [0, 0.1) is 19.8 Å². The van der Waals surface area contributed by atoms with Crippen LogP contribution in [0.4, 0.5) is 0 Å². The Kier molecular flexibility index (Phi) is 5.29. The number of hydrogen-bond acceptors (Lipinski definition) is 6. The van der Waals surface area contributed by atoms with Crippen LogP contribution in [0.15, 0.2) is 34.2 Å². The van der Waals surface area contributed by atoms with E-state index in [1.54, 1.807) is 18.0 Å². The van der Waals surface area contributed by atoms with Gasteiger partial charge in [0.2, 0.25) is 0 Å². The Morgan fingerprint density at radius 3 is 2.78 bits per heavy atom. The van der Waals surface area contributed by atoms with Crippen molar-refractivity contribution in [3.63, 3.8) is 0 Å². The van der Waals surface area contributed by atoms with E-state index in [2.05, 4.69) is 37.9 Å². The first-order valence-corrected chi connectivity index (χ1v) is 10.5. The molecule has 6 nitrogen and oxygen atoms in total. The van der Waals surface area contributed by atoms with Crippen LogP contribution in [0.3, 0.4) is 0 Å². The number of aryl methyl sites for hydroxylation is 2. The maximum atomic E-state index is 5.31. The first kappa shape index (κ1) is 18.2. The molecule has 0 saturated heterocycles. The van der Waals surface area contributed by atoms with Gasteiger partial charge in [0.1, 0.15) is 5.76 Å². The third-order valence-corrected chi connectivity index (χ3v) is 6.48. The Bertz CT molecular complexity index is 885. The summed E-state index contributed by atoms with van der Waals surface area (Å²) in [5.74, 6) is 3.20. The van der Waals surface area contributed by atoms with Crippen LogP contribution in [0.5, 0.6) is 0 Å². The fourth-order valence-electron chi connectivity index (χ4n) is 3.89. The number of pyridine rings is 1. The van der Waals surface area contributed by atoms with E-state index in [0.717, 1.165) is 39.3 Å². The van der Waals surface area contributed by atoms with Gasteiger partial charge in [-0.2, -0.15) is 0 Å². The molecule has 1 aliphatic carbocycles. The monoisotopic (exact) mass is 383 g/mol. The molecule has 1 saturated carbocycles. The topological polar surface area (TPSA) is 69.6 Å². The van der Waals surface area contributed by atoms with E-state index in [1.165, 1.54) is 25.7 Å². The molecule has 1 aliphatic rings. The summed E-state index contributed by atoms with van der Waals surface area (Å²) >= 11 is 1.71. The summed E-state index contributed by atoms with van der Waals surface area (Å²) in [6.45, 7) is 6.30. The van der Waals surface area contributed by atoms with E-state index in [9.17, 15) is 0 Å². The van der Waals surface area contributed by atoms with Crippen molar-refractivity contribution in [2.24, 2.45) is 5.92 Å². The average molecular weight is 384 g/mol. The molecule has 3 heterocycles. The predicted molar refractivity (Wildman–Crippen MR) is 105 cm³/mol. The fourth-order valence-corrected chi connectivity index (χ4v) is 5.04. The molecule has 0 aliphatic heterocycles. The maximum absolute atomic E-state index is 5.31. The first-order valence-electron chi connectivity index (χ1n) is 9.55. The third kappa shape index (κ3) is 3.65. The summed E-state index contributed by atoms with van der Waals surface area (Å²) in [7, 11) is 0. The summed E-state index contributed by atoms with van der Waals surface area (Å²) < 4.78 is 7.66. The van der Waals surface area contributed by atoms with E-state index in [4.69, 9.17) is 4.52 Å². The van der Waals surface area contributed by atoms with Crippen LogP contribution in [-0.2, 0) is 5.75 Å². The zero-order valence-corrected chi connectivity index (χ0v) is 16.9. The minimum atomic E-state index is 0.427. The van der Waals surface area contributed by atoms with Crippen molar-refractivity contribution >= 4 is 11.8 Å². The lowest BCUT2D eigenvalue weighted by Gasteiger charge is -2.31. The first-order chi connectivity index (χ1) is 13.1. The molecule has 4 rings (SSSR count). The fraction of sp³-hybridized carbons (Fsp3) is 0.500. The highest BCUT2D eigenvalue weighted by molar-refractivity contribution is 7.98. The zero-order chi connectivity index (χ0) is 18.8. The average Bonchev–Trinajstić information content (AvgIpc) is 3.24. The summed E-state index contributed by atoms with van der Waals surface area (Å²) in [4.78, 5) is 4.28. The maximum Gasteiger partial charge on any atom is 0.192 e. The Hall–Kier alpha value is -2.15. The number of aromatic nitrogens is 5. The third-order valence-electron chi connectivity index (χ3n) is 5.51. The summed E-state index contributed by atoms with van der Waals surface area (Å²) in [5, 5.41) is 14.1. The number of hydrogen-bond donors (Lipinski definition) is 0. The van der Waals surface area contributed by atoms with Crippen molar-refractivity contribution in [2.45, 2.75) is 63.4 Å². The summed E-state index contributed by atoms with van der Waals surface area (Å²) in [6, 6.07) is 4.44. The van der Waals surface area contributed by atoms with Crippen molar-refractivity contribution in [3.05, 3.63) is 41.5 Å². The molecule has 0 unspecified atom stereocenters. The van der Waals surface area contributed by atoms with Crippen LogP contribution in [0.2, 0.25) is 0 Å². The molecule has 0 amide bonds. The lowest BCUT2D eigenvalue weighted by molar-refractivity contribution is 0.247. The quantitative estimate of drug-likeness (QED) is 0.578. The van der Waals surface area contributed by atoms with Crippen LogP contribution in [0.25, 0.3) is 11.4 Å². The van der Waals surface area contributed by atoms with Crippen LogP contribution >= 0.6 is 11.8 Å². The van der Waals surface area contributed by atoms with Gasteiger partial charge in [-0.15, -0.1) is 10.2 Å². The predicted octanol–water partition coefficient (Wildman–Crippen LogP) is 4.99. The lowest BCUT2D eigenvalue weighted by atomic mass is 9.85. The highest BCUT2D eigenvalue weighted by Crippen LogP contribution is 2.39. The molecule has 142 valence electrons. The van der Waals surface area contributed by atoms with Crippen LogP contribution in [0.1, 0.15) is 55.7 Å². The SMILES string of the molecule is Cc1noc(C)c1CSc1nnc(-c2cccnc2)n1[C@@H]1CCCC[C@@H]1C. The smallest absolute Gasteiger partial charge is 0.192 e. The molecule has 0 N–H and O–H groups in total. The standard InChI is InChI=1S/C20H25N5OS/c1-13-7-4-5-9-18(13)25-19(16-8-6-10-21-11-16)22-23-20(25)27-12-17-14(2)24-26-15(17)3/h6,8,10-11,13,18H,4-5,7,9,12H2,1-3H3/t13-,18+/m0/s1. The van der Waals surface area contributed by atoms with Crippen LogP contribution < -0.4 is 0 Å². The van der Waals surface area contributed by atoms with Crippen molar-refractivity contribution < 1.29 is 4.52 Å². The molecule has 0 radical (unpaired) electrons. The number of nitrogens with zero attached hydrogens (tertiary/aromatic N) is 5. The van der Waals surface area contributed by atoms with Gasteiger partial charge in [-0.1, -0.05) is 36.7 Å². The second kappa shape index (κ2) is 7.84. The molecule has 1 fully saturated rings. The van der Waals surface area contributed by atoms with Crippen molar-refractivity contribution in [3.8, 4) is 11.4 Å². The molecule has 27 heavy (non-hydrogen) atoms. The Labute approximate surface area is 163 Å². The van der Waals surface area contributed by atoms with Gasteiger partial charge < -0.3 is 4.52 Å². The molecular formula is C20H25N5OS. The van der Waals surface area contributed by atoms with Gasteiger partial charge in [-0.3, -0.25) is 9.55 Å². The Balaban J connectivity index is 1.69. The van der Waals surface area contributed by atoms with Gasteiger partial charge in [0.25, 0.3) is 0 Å².